The summed E-state index contributed by atoms with van der Waals surface area (Å²) in [6, 6.07) is 7.08. The van der Waals surface area contributed by atoms with E-state index in [0.717, 1.165) is 5.69 Å². The van der Waals surface area contributed by atoms with Gasteiger partial charge in [-0.2, -0.15) is 0 Å². The largest absolute Gasteiger partial charge is 0.496 e. The molecule has 0 radical (unpaired) electrons. The van der Waals surface area contributed by atoms with Gasteiger partial charge in [0.1, 0.15) is 11.6 Å². The van der Waals surface area contributed by atoms with Gasteiger partial charge < -0.3 is 10.5 Å². The van der Waals surface area contributed by atoms with E-state index in [1.54, 1.807) is 19.2 Å². The molecule has 4 nitrogen and oxygen atoms in total. The molecular formula is C12H12ClN3O. The van der Waals surface area contributed by atoms with Crippen LogP contribution < -0.4 is 10.5 Å². The Kier molecular flexibility index (Phi) is 3.15. The van der Waals surface area contributed by atoms with Crippen molar-refractivity contribution in [3.63, 3.8) is 0 Å². The highest BCUT2D eigenvalue weighted by Crippen LogP contribution is 2.34. The minimum atomic E-state index is 0.412. The fourth-order valence-electron chi connectivity index (χ4n) is 1.60. The molecule has 0 amide bonds. The second kappa shape index (κ2) is 4.59. The summed E-state index contributed by atoms with van der Waals surface area (Å²) in [6.07, 6.45) is 0. The summed E-state index contributed by atoms with van der Waals surface area (Å²) in [5.74, 6) is 1.52. The number of anilines is 1. The molecule has 2 rings (SSSR count). The van der Waals surface area contributed by atoms with E-state index < -0.39 is 0 Å². The Hall–Kier alpha value is -1.81. The van der Waals surface area contributed by atoms with Crippen molar-refractivity contribution >= 4 is 17.4 Å². The summed E-state index contributed by atoms with van der Waals surface area (Å²) in [5, 5.41) is 0.536. The van der Waals surface area contributed by atoms with Crippen molar-refractivity contribution < 1.29 is 4.74 Å². The molecule has 2 N–H and O–H groups in total. The summed E-state index contributed by atoms with van der Waals surface area (Å²) in [7, 11) is 1.58. The van der Waals surface area contributed by atoms with Crippen LogP contribution in [0, 0.1) is 6.92 Å². The SMILES string of the molecule is COc1cccc(Cl)c1-c1nc(C)cc(N)n1. The van der Waals surface area contributed by atoms with Crippen LogP contribution in [0.25, 0.3) is 11.4 Å². The lowest BCUT2D eigenvalue weighted by molar-refractivity contribution is 0.416. The van der Waals surface area contributed by atoms with E-state index in [9.17, 15) is 0 Å². The van der Waals surface area contributed by atoms with Gasteiger partial charge in [0.25, 0.3) is 0 Å². The van der Waals surface area contributed by atoms with Crippen molar-refractivity contribution in [2.24, 2.45) is 0 Å². The zero-order valence-corrected chi connectivity index (χ0v) is 10.3. The molecule has 0 aliphatic carbocycles. The Labute approximate surface area is 104 Å². The summed E-state index contributed by atoms with van der Waals surface area (Å²) in [5.41, 5.74) is 7.15. The first-order valence-corrected chi connectivity index (χ1v) is 5.43. The molecule has 0 unspecified atom stereocenters. The normalized spacial score (nSPS) is 10.3. The topological polar surface area (TPSA) is 61.0 Å². The van der Waals surface area contributed by atoms with E-state index in [-0.39, 0.29) is 0 Å². The quantitative estimate of drug-likeness (QED) is 0.889. The van der Waals surface area contributed by atoms with E-state index in [1.165, 1.54) is 0 Å². The number of nitrogens with two attached hydrogens (primary N) is 1. The molecule has 2 aromatic rings. The molecule has 0 saturated heterocycles. The highest BCUT2D eigenvalue weighted by molar-refractivity contribution is 6.33. The van der Waals surface area contributed by atoms with Gasteiger partial charge in [-0.25, -0.2) is 9.97 Å². The summed E-state index contributed by atoms with van der Waals surface area (Å²) in [4.78, 5) is 8.49. The van der Waals surface area contributed by atoms with Crippen molar-refractivity contribution in [1.82, 2.24) is 9.97 Å². The van der Waals surface area contributed by atoms with E-state index in [1.807, 2.05) is 19.1 Å². The second-order valence-corrected chi connectivity index (χ2v) is 3.98. The Morgan fingerprint density at radius 2 is 2.06 bits per heavy atom. The van der Waals surface area contributed by atoms with Crippen LogP contribution in [0.3, 0.4) is 0 Å². The maximum absolute atomic E-state index is 6.15. The molecule has 0 aliphatic heterocycles. The van der Waals surface area contributed by atoms with Crippen molar-refractivity contribution in [3.8, 4) is 17.1 Å². The predicted molar refractivity (Wildman–Crippen MR) is 68.2 cm³/mol. The Morgan fingerprint density at radius 1 is 1.29 bits per heavy atom. The number of rotatable bonds is 2. The van der Waals surface area contributed by atoms with Gasteiger partial charge in [-0.1, -0.05) is 17.7 Å². The average molecular weight is 250 g/mol. The number of aryl methyl sites for hydroxylation is 1. The Balaban J connectivity index is 2.67. The molecule has 1 aromatic heterocycles. The molecule has 0 bridgehead atoms. The first-order valence-electron chi connectivity index (χ1n) is 5.06. The molecule has 0 aliphatic rings. The van der Waals surface area contributed by atoms with E-state index in [0.29, 0.717) is 28.0 Å². The lowest BCUT2D eigenvalue weighted by Gasteiger charge is -2.09. The number of benzene rings is 1. The van der Waals surface area contributed by atoms with Gasteiger partial charge in [0.2, 0.25) is 0 Å². The van der Waals surface area contributed by atoms with Crippen molar-refractivity contribution in [2.45, 2.75) is 6.92 Å². The minimum absolute atomic E-state index is 0.412. The maximum atomic E-state index is 6.15. The third kappa shape index (κ3) is 2.31. The number of halogens is 1. The number of ether oxygens (including phenoxy) is 1. The average Bonchev–Trinajstić information content (AvgIpc) is 2.27. The van der Waals surface area contributed by atoms with Gasteiger partial charge >= 0.3 is 0 Å². The molecule has 1 aromatic carbocycles. The number of hydrogen-bond acceptors (Lipinski definition) is 4. The van der Waals surface area contributed by atoms with Gasteiger partial charge in [-0.15, -0.1) is 0 Å². The molecule has 1 heterocycles. The van der Waals surface area contributed by atoms with Crippen LogP contribution in [0.2, 0.25) is 5.02 Å². The molecule has 5 heteroatoms. The monoisotopic (exact) mass is 249 g/mol. The third-order valence-electron chi connectivity index (χ3n) is 2.29. The van der Waals surface area contributed by atoms with Crippen LogP contribution in [-0.4, -0.2) is 17.1 Å². The van der Waals surface area contributed by atoms with Gasteiger partial charge in [0.05, 0.1) is 17.7 Å². The van der Waals surface area contributed by atoms with Gasteiger partial charge in [-0.3, -0.25) is 0 Å². The van der Waals surface area contributed by atoms with Crippen molar-refractivity contribution in [3.05, 3.63) is 35.0 Å². The van der Waals surface area contributed by atoms with E-state index in [4.69, 9.17) is 22.1 Å². The fraction of sp³-hybridized carbons (Fsp3) is 0.167. The predicted octanol–water partition coefficient (Wildman–Crippen LogP) is 2.70. The van der Waals surface area contributed by atoms with Crippen LogP contribution in [0.15, 0.2) is 24.3 Å². The van der Waals surface area contributed by atoms with Gasteiger partial charge in [0, 0.05) is 11.8 Å². The summed E-state index contributed by atoms with van der Waals surface area (Å²) >= 11 is 6.15. The van der Waals surface area contributed by atoms with Crippen LogP contribution in [0.1, 0.15) is 5.69 Å². The van der Waals surface area contributed by atoms with Crippen molar-refractivity contribution in [1.29, 1.82) is 0 Å². The third-order valence-corrected chi connectivity index (χ3v) is 2.61. The zero-order valence-electron chi connectivity index (χ0n) is 9.57. The zero-order chi connectivity index (χ0) is 12.4. The number of aromatic nitrogens is 2. The van der Waals surface area contributed by atoms with Gasteiger partial charge in [0.15, 0.2) is 5.82 Å². The number of nitrogen functional groups attached to an aromatic ring is 1. The first-order chi connectivity index (χ1) is 8.11. The molecule has 17 heavy (non-hydrogen) atoms. The second-order valence-electron chi connectivity index (χ2n) is 3.57. The van der Waals surface area contributed by atoms with Crippen LogP contribution in [-0.2, 0) is 0 Å². The van der Waals surface area contributed by atoms with Crippen LogP contribution in [0.5, 0.6) is 5.75 Å². The maximum Gasteiger partial charge on any atom is 0.167 e. The number of methoxy groups -OCH3 is 1. The minimum Gasteiger partial charge on any atom is -0.496 e. The molecule has 0 fully saturated rings. The van der Waals surface area contributed by atoms with E-state index >= 15 is 0 Å². The van der Waals surface area contributed by atoms with Gasteiger partial charge in [-0.05, 0) is 19.1 Å². The Morgan fingerprint density at radius 3 is 2.71 bits per heavy atom. The lowest BCUT2D eigenvalue weighted by Crippen LogP contribution is -1.99. The van der Waals surface area contributed by atoms with E-state index in [2.05, 4.69) is 9.97 Å². The molecule has 88 valence electrons. The van der Waals surface area contributed by atoms with Crippen LogP contribution >= 0.6 is 11.6 Å². The molecular weight excluding hydrogens is 238 g/mol. The standard InChI is InChI=1S/C12H12ClN3O/c1-7-6-10(14)16-12(15-7)11-8(13)4-3-5-9(11)17-2/h3-6H,1-2H3,(H2,14,15,16). The summed E-state index contributed by atoms with van der Waals surface area (Å²) < 4.78 is 5.26. The smallest absolute Gasteiger partial charge is 0.167 e. The Bertz CT molecular complexity index is 537. The highest BCUT2D eigenvalue weighted by atomic mass is 35.5. The molecule has 0 saturated carbocycles. The number of nitrogens with zero attached hydrogens (tertiary/aromatic N) is 2. The lowest BCUT2D eigenvalue weighted by atomic mass is 10.2. The molecule has 0 atom stereocenters. The van der Waals surface area contributed by atoms with Crippen molar-refractivity contribution in [2.75, 3.05) is 12.8 Å². The molecule has 0 spiro atoms. The highest BCUT2D eigenvalue weighted by Gasteiger charge is 2.13. The fourth-order valence-corrected chi connectivity index (χ4v) is 1.85. The van der Waals surface area contributed by atoms with Crippen LogP contribution in [0.4, 0.5) is 5.82 Å². The number of hydrogen-bond donors (Lipinski definition) is 1. The first kappa shape index (κ1) is 11.7. The summed E-state index contributed by atoms with van der Waals surface area (Å²) in [6.45, 7) is 1.85.